The number of ketones is 1. The van der Waals surface area contributed by atoms with Gasteiger partial charge in [-0.2, -0.15) is 4.39 Å². The number of aromatic nitrogens is 1. The summed E-state index contributed by atoms with van der Waals surface area (Å²) < 4.78 is 37.8. The Kier molecular flexibility index (Phi) is 7.21. The number of halogens is 3. The van der Waals surface area contributed by atoms with Gasteiger partial charge in [0.1, 0.15) is 0 Å². The van der Waals surface area contributed by atoms with Gasteiger partial charge in [-0.25, -0.2) is 13.8 Å². The van der Waals surface area contributed by atoms with Crippen LogP contribution in [0.25, 0.3) is 5.57 Å². The van der Waals surface area contributed by atoms with Gasteiger partial charge < -0.3 is 0 Å². The second kappa shape index (κ2) is 9.87. The highest BCUT2D eigenvalue weighted by molar-refractivity contribution is 5.91. The van der Waals surface area contributed by atoms with Crippen LogP contribution < -0.4 is 0 Å². The van der Waals surface area contributed by atoms with Gasteiger partial charge in [0.25, 0.3) is 6.43 Å². The Morgan fingerprint density at radius 2 is 1.94 bits per heavy atom. The number of alkyl halides is 2. The molecule has 1 heterocycles. The van der Waals surface area contributed by atoms with Crippen LogP contribution in [0.1, 0.15) is 83.3 Å². The van der Waals surface area contributed by atoms with E-state index in [0.717, 1.165) is 44.1 Å². The maximum Gasteiger partial charge on any atom is 0.265 e. The van der Waals surface area contributed by atoms with E-state index in [-0.39, 0.29) is 16.4 Å². The minimum absolute atomic E-state index is 0.0102. The summed E-state index contributed by atoms with van der Waals surface area (Å²) >= 11 is 0. The maximum atomic E-state index is 13.2. The lowest BCUT2D eigenvalue weighted by Gasteiger charge is -2.57. The fourth-order valence-electron chi connectivity index (χ4n) is 7.44. The van der Waals surface area contributed by atoms with E-state index in [9.17, 15) is 18.0 Å². The molecular formula is C29H35F3N2O. The van der Waals surface area contributed by atoms with Crippen LogP contribution in [0, 0.1) is 28.6 Å². The first-order chi connectivity index (χ1) is 16.6. The molecule has 3 nitrogen and oxygen atoms in total. The topological polar surface area (TPSA) is 42.3 Å². The largest absolute Gasteiger partial charge is 0.295 e. The third kappa shape index (κ3) is 4.68. The summed E-state index contributed by atoms with van der Waals surface area (Å²) in [5.74, 6) is 1.49. The van der Waals surface area contributed by atoms with Gasteiger partial charge in [-0.15, -0.1) is 0 Å². The number of aliphatic imine (C=N–C) groups is 1. The van der Waals surface area contributed by atoms with Crippen molar-refractivity contribution in [1.82, 2.24) is 4.98 Å². The predicted molar refractivity (Wildman–Crippen MR) is 134 cm³/mol. The van der Waals surface area contributed by atoms with Crippen LogP contribution in [-0.2, 0) is 4.79 Å². The Bertz CT molecular complexity index is 1090. The molecule has 1 aromatic rings. The molecule has 2 fully saturated rings. The Balaban J connectivity index is 0.000000431. The molecular weight excluding hydrogens is 449 g/mol. The second-order valence-corrected chi connectivity index (χ2v) is 10.8. The molecule has 0 saturated heterocycles. The van der Waals surface area contributed by atoms with E-state index >= 15 is 0 Å². The molecule has 188 valence electrons. The van der Waals surface area contributed by atoms with Crippen LogP contribution in [0.15, 0.2) is 53.7 Å². The molecule has 5 unspecified atom stereocenters. The molecule has 5 atom stereocenters. The SMILES string of the molecule is C=C(F)/N=C\C.CC12CCC(=O)C=C1CCC1C2CCC2(C)C(c3cncc(C(F)F)c3)=CCC12. The molecule has 1 aromatic heterocycles. The third-order valence-corrected chi connectivity index (χ3v) is 9.13. The molecule has 6 heteroatoms. The highest BCUT2D eigenvalue weighted by atomic mass is 19.3. The Morgan fingerprint density at radius 3 is 2.60 bits per heavy atom. The summed E-state index contributed by atoms with van der Waals surface area (Å²) in [7, 11) is 0. The van der Waals surface area contributed by atoms with Crippen LogP contribution >= 0.6 is 0 Å². The van der Waals surface area contributed by atoms with E-state index in [1.165, 1.54) is 23.6 Å². The quantitative estimate of drug-likeness (QED) is 0.322. The molecule has 0 amide bonds. The predicted octanol–water partition coefficient (Wildman–Crippen LogP) is 8.06. The molecule has 0 aromatic carbocycles. The van der Waals surface area contributed by atoms with Crippen LogP contribution in [0.3, 0.4) is 0 Å². The van der Waals surface area contributed by atoms with Crippen LogP contribution in [0.4, 0.5) is 13.2 Å². The number of allylic oxidation sites excluding steroid dienone is 4. The minimum atomic E-state index is -2.48. The van der Waals surface area contributed by atoms with Gasteiger partial charge in [0.05, 0.1) is 0 Å². The summed E-state index contributed by atoms with van der Waals surface area (Å²) in [4.78, 5) is 19.2. The fourth-order valence-corrected chi connectivity index (χ4v) is 7.44. The monoisotopic (exact) mass is 484 g/mol. The zero-order valence-corrected chi connectivity index (χ0v) is 20.9. The zero-order valence-electron chi connectivity index (χ0n) is 20.9. The lowest BCUT2D eigenvalue weighted by Crippen LogP contribution is -2.49. The van der Waals surface area contributed by atoms with E-state index in [4.69, 9.17) is 0 Å². The zero-order chi connectivity index (χ0) is 25.4. The summed E-state index contributed by atoms with van der Waals surface area (Å²) in [5.41, 5.74) is 3.69. The van der Waals surface area contributed by atoms with Gasteiger partial charge in [-0.3, -0.25) is 9.78 Å². The Morgan fingerprint density at radius 1 is 1.17 bits per heavy atom. The van der Waals surface area contributed by atoms with Crippen LogP contribution in [-0.4, -0.2) is 17.0 Å². The Labute approximate surface area is 206 Å². The normalized spacial score (nSPS) is 33.8. The number of fused-ring (bicyclic) bond motifs is 5. The fraction of sp³-hybridized carbons (Fsp3) is 0.552. The van der Waals surface area contributed by atoms with Crippen molar-refractivity contribution in [3.63, 3.8) is 0 Å². The number of carbonyl (C=O) groups is 1. The van der Waals surface area contributed by atoms with Gasteiger partial charge in [0, 0.05) is 30.6 Å². The van der Waals surface area contributed by atoms with E-state index in [0.29, 0.717) is 30.0 Å². The maximum absolute atomic E-state index is 13.2. The van der Waals surface area contributed by atoms with Crippen LogP contribution in [0.5, 0.6) is 0 Å². The van der Waals surface area contributed by atoms with Crippen molar-refractivity contribution in [2.45, 2.75) is 72.1 Å². The molecule has 0 spiro atoms. The van der Waals surface area contributed by atoms with Crippen molar-refractivity contribution < 1.29 is 18.0 Å². The average Bonchev–Trinajstić information content (AvgIpc) is 3.17. The van der Waals surface area contributed by atoms with E-state index in [1.54, 1.807) is 19.2 Å². The number of nitrogens with zero attached hydrogens (tertiary/aromatic N) is 2. The van der Waals surface area contributed by atoms with Gasteiger partial charge >= 0.3 is 0 Å². The standard InChI is InChI=1S/C25H29F2NO.C4H6FN/c1-24-9-7-18(29)12-17(24)3-4-19-21-6-5-20(25(21,2)10-8-22(19)24)15-11-16(23(26)27)14-28-13-15;1-3-6-4(2)5/h5,11-14,19,21-23H,3-4,6-10H2,1-2H3;3H,2H2,1H3/b;6-3-. The van der Waals surface area contributed by atoms with E-state index in [1.807, 2.05) is 6.08 Å². The van der Waals surface area contributed by atoms with Gasteiger partial charge in [-0.05, 0) is 104 Å². The highest BCUT2D eigenvalue weighted by Crippen LogP contribution is 2.66. The molecule has 4 aliphatic rings. The smallest absolute Gasteiger partial charge is 0.265 e. The van der Waals surface area contributed by atoms with Crippen molar-refractivity contribution in [1.29, 1.82) is 0 Å². The minimum Gasteiger partial charge on any atom is -0.295 e. The van der Waals surface area contributed by atoms with Gasteiger partial charge in [0.2, 0.25) is 5.95 Å². The first-order valence-corrected chi connectivity index (χ1v) is 12.6. The van der Waals surface area contributed by atoms with E-state index in [2.05, 4.69) is 36.5 Å². The molecule has 5 rings (SSSR count). The summed E-state index contributed by atoms with van der Waals surface area (Å²) in [6.45, 7) is 9.25. The summed E-state index contributed by atoms with van der Waals surface area (Å²) in [6, 6.07) is 1.64. The molecule has 4 aliphatic carbocycles. The number of pyridine rings is 1. The lowest BCUT2D eigenvalue weighted by molar-refractivity contribution is -0.117. The number of carbonyl (C=O) groups excluding carboxylic acids is 1. The molecule has 0 bridgehead atoms. The number of hydrogen-bond acceptors (Lipinski definition) is 3. The Hall–Kier alpha value is -2.50. The summed E-state index contributed by atoms with van der Waals surface area (Å²) in [6.07, 6.45) is 13.3. The number of rotatable bonds is 3. The molecule has 2 saturated carbocycles. The van der Waals surface area contributed by atoms with Crippen molar-refractivity contribution in [3.05, 3.63) is 59.8 Å². The first-order valence-electron chi connectivity index (χ1n) is 12.6. The van der Waals surface area contributed by atoms with Crippen molar-refractivity contribution >= 4 is 17.6 Å². The average molecular weight is 485 g/mol. The molecule has 0 radical (unpaired) electrons. The highest BCUT2D eigenvalue weighted by Gasteiger charge is 2.57. The first kappa shape index (κ1) is 25.6. The molecule has 35 heavy (non-hydrogen) atoms. The van der Waals surface area contributed by atoms with Gasteiger partial charge in [0.15, 0.2) is 5.78 Å². The molecule has 0 N–H and O–H groups in total. The molecule has 0 aliphatic heterocycles. The number of hydrogen-bond donors (Lipinski definition) is 0. The van der Waals surface area contributed by atoms with Crippen molar-refractivity contribution in [3.8, 4) is 0 Å². The van der Waals surface area contributed by atoms with Crippen LogP contribution in [0.2, 0.25) is 0 Å². The van der Waals surface area contributed by atoms with Crippen molar-refractivity contribution in [2.75, 3.05) is 0 Å². The third-order valence-electron chi connectivity index (χ3n) is 9.13. The second-order valence-electron chi connectivity index (χ2n) is 10.8. The lowest BCUT2D eigenvalue weighted by atomic mass is 9.46. The summed E-state index contributed by atoms with van der Waals surface area (Å²) in [5, 5.41) is 0. The van der Waals surface area contributed by atoms with Crippen molar-refractivity contribution in [2.24, 2.45) is 33.6 Å². The van der Waals surface area contributed by atoms with Gasteiger partial charge in [-0.1, -0.05) is 25.5 Å². The van der Waals surface area contributed by atoms with E-state index < -0.39 is 12.4 Å².